The lowest BCUT2D eigenvalue weighted by atomic mass is 9.99. The van der Waals surface area contributed by atoms with E-state index in [-0.39, 0.29) is 32.1 Å². The molecule has 0 saturated heterocycles. The van der Waals surface area contributed by atoms with Crippen molar-refractivity contribution in [3.8, 4) is 11.1 Å². The maximum Gasteiger partial charge on any atom is 0.410 e. The summed E-state index contributed by atoms with van der Waals surface area (Å²) in [5.41, 5.74) is 5.22. The average Bonchev–Trinajstić information content (AvgIpc) is 3.44. The Morgan fingerprint density at radius 3 is 2.51 bits per heavy atom. The van der Waals surface area contributed by atoms with Crippen LogP contribution in [0.25, 0.3) is 11.1 Å². The van der Waals surface area contributed by atoms with Crippen LogP contribution in [-0.4, -0.2) is 63.8 Å². The molecule has 2 aromatic carbocycles. The van der Waals surface area contributed by atoms with Crippen LogP contribution in [0.2, 0.25) is 0 Å². The van der Waals surface area contributed by atoms with Crippen molar-refractivity contribution < 1.29 is 23.9 Å². The molecule has 39 heavy (non-hydrogen) atoms. The van der Waals surface area contributed by atoms with Crippen LogP contribution in [0, 0.1) is 6.92 Å². The molecule has 1 aliphatic heterocycles. The summed E-state index contributed by atoms with van der Waals surface area (Å²) < 4.78 is 11.1. The van der Waals surface area contributed by atoms with Gasteiger partial charge in [-0.2, -0.15) is 5.10 Å². The predicted molar refractivity (Wildman–Crippen MR) is 147 cm³/mol. The Morgan fingerprint density at radius 2 is 1.79 bits per heavy atom. The summed E-state index contributed by atoms with van der Waals surface area (Å²) in [5, 5.41) is 10.4. The molecule has 0 atom stereocenters. The average molecular weight is 534 g/mol. The Labute approximate surface area is 228 Å². The molecule has 0 radical (unpaired) electrons. The van der Waals surface area contributed by atoms with E-state index in [1.54, 1.807) is 27.8 Å². The highest BCUT2D eigenvalue weighted by atomic mass is 16.6. The van der Waals surface area contributed by atoms with E-state index in [4.69, 9.17) is 9.47 Å². The summed E-state index contributed by atoms with van der Waals surface area (Å²) >= 11 is 0. The van der Waals surface area contributed by atoms with Crippen molar-refractivity contribution in [2.24, 2.45) is 0 Å². The van der Waals surface area contributed by atoms with Crippen molar-refractivity contribution in [3.05, 3.63) is 71.0 Å². The van der Waals surface area contributed by atoms with E-state index in [1.807, 2.05) is 55.5 Å². The second-order valence-electron chi connectivity index (χ2n) is 10.6. The molecule has 0 saturated carbocycles. The Morgan fingerprint density at radius 1 is 1.05 bits per heavy atom. The number of carbonyl (C=O) groups is 3. The Hall–Kier alpha value is -4.34. The minimum Gasteiger partial charge on any atom is -0.445 e. The van der Waals surface area contributed by atoms with Gasteiger partial charge in [0.05, 0.1) is 18.7 Å². The second kappa shape index (κ2) is 11.6. The highest BCUT2D eigenvalue weighted by molar-refractivity contribution is 5.99. The molecule has 1 aromatic heterocycles. The topological polar surface area (TPSA) is 117 Å². The van der Waals surface area contributed by atoms with Crippen LogP contribution in [-0.2, 0) is 33.8 Å². The first-order chi connectivity index (χ1) is 18.5. The zero-order valence-corrected chi connectivity index (χ0v) is 23.0. The molecule has 0 unspecified atom stereocenters. The zero-order chi connectivity index (χ0) is 28.2. The zero-order valence-electron chi connectivity index (χ0n) is 23.0. The molecular formula is C29H35N5O5. The highest BCUT2D eigenvalue weighted by Gasteiger charge is 2.25. The molecule has 2 heterocycles. The normalized spacial score (nSPS) is 12.5. The molecule has 0 bridgehead atoms. The van der Waals surface area contributed by atoms with E-state index < -0.39 is 17.8 Å². The molecule has 10 heteroatoms. The number of aromatic nitrogens is 2. The van der Waals surface area contributed by atoms with Gasteiger partial charge in [-0.1, -0.05) is 36.4 Å². The van der Waals surface area contributed by atoms with Crippen LogP contribution in [0.1, 0.15) is 43.3 Å². The number of aryl methyl sites for hydroxylation is 1. The lowest BCUT2D eigenvalue weighted by molar-refractivity contribution is -0.115. The lowest BCUT2D eigenvalue weighted by Crippen LogP contribution is -2.41. The lowest BCUT2D eigenvalue weighted by Gasteiger charge is -2.27. The molecule has 3 amide bonds. The van der Waals surface area contributed by atoms with E-state index >= 15 is 0 Å². The number of rotatable bonds is 8. The van der Waals surface area contributed by atoms with Gasteiger partial charge in [-0.05, 0) is 56.5 Å². The molecule has 1 aliphatic rings. The monoisotopic (exact) mass is 533 g/mol. The summed E-state index contributed by atoms with van der Waals surface area (Å²) in [6.45, 7) is 8.05. The van der Waals surface area contributed by atoms with Crippen LogP contribution in [0.15, 0.2) is 48.5 Å². The first-order valence-corrected chi connectivity index (χ1v) is 12.9. The number of aromatic amines is 1. The summed E-state index contributed by atoms with van der Waals surface area (Å²) in [6, 6.07) is 15.2. The van der Waals surface area contributed by atoms with Crippen LogP contribution in [0.4, 0.5) is 15.3 Å². The Balaban J connectivity index is 1.54. The number of fused-ring (bicyclic) bond motifs is 1. The summed E-state index contributed by atoms with van der Waals surface area (Å²) in [7, 11) is 1.63. The maximum absolute atomic E-state index is 13.3. The molecular weight excluding hydrogens is 498 g/mol. The van der Waals surface area contributed by atoms with E-state index in [0.717, 1.165) is 33.6 Å². The number of ether oxygens (including phenoxy) is 2. The van der Waals surface area contributed by atoms with Gasteiger partial charge in [0.25, 0.3) is 0 Å². The number of nitrogens with zero attached hydrogens (tertiary/aromatic N) is 3. The van der Waals surface area contributed by atoms with Crippen molar-refractivity contribution in [1.29, 1.82) is 0 Å². The molecule has 0 spiro atoms. The van der Waals surface area contributed by atoms with Gasteiger partial charge >= 0.3 is 12.2 Å². The third kappa shape index (κ3) is 7.16. The van der Waals surface area contributed by atoms with Gasteiger partial charge in [-0.15, -0.1) is 0 Å². The van der Waals surface area contributed by atoms with E-state index in [1.165, 1.54) is 9.80 Å². The number of hydrogen-bond acceptors (Lipinski definition) is 6. The summed E-state index contributed by atoms with van der Waals surface area (Å²) in [6.07, 6.45) is -0.672. The van der Waals surface area contributed by atoms with Crippen molar-refractivity contribution in [3.63, 3.8) is 0 Å². The van der Waals surface area contributed by atoms with E-state index in [0.29, 0.717) is 12.1 Å². The van der Waals surface area contributed by atoms with Crippen LogP contribution in [0.3, 0.4) is 0 Å². The van der Waals surface area contributed by atoms with Gasteiger partial charge in [-0.3, -0.25) is 9.89 Å². The number of nitrogens with one attached hydrogen (secondary N) is 2. The summed E-state index contributed by atoms with van der Waals surface area (Å²) in [5.74, 6) is -0.0345. The minimum absolute atomic E-state index is 0.0345. The minimum atomic E-state index is -0.628. The second-order valence-corrected chi connectivity index (χ2v) is 10.6. The molecule has 4 rings (SSSR count). The number of anilines is 1. The van der Waals surface area contributed by atoms with Gasteiger partial charge in [0, 0.05) is 37.1 Å². The van der Waals surface area contributed by atoms with Crippen molar-refractivity contribution in [2.75, 3.05) is 25.5 Å². The van der Waals surface area contributed by atoms with Crippen LogP contribution in [0.5, 0.6) is 0 Å². The van der Waals surface area contributed by atoms with E-state index in [9.17, 15) is 14.4 Å². The molecule has 10 nitrogen and oxygen atoms in total. The SMILES string of the molecule is Cc1[nH]nc(CN(CCN(C)C(=O)OC(C)(C)C)C(=O)OCc2ccccc2)c1-c1ccc2c(c1)CC(=O)N2. The molecule has 206 valence electrons. The fourth-order valence-corrected chi connectivity index (χ4v) is 4.29. The Bertz CT molecular complexity index is 1350. The van der Waals surface area contributed by atoms with Crippen molar-refractivity contribution in [2.45, 2.75) is 52.9 Å². The van der Waals surface area contributed by atoms with Crippen LogP contribution < -0.4 is 5.32 Å². The number of H-pyrrole nitrogens is 1. The van der Waals surface area contributed by atoms with Crippen molar-refractivity contribution in [1.82, 2.24) is 20.0 Å². The maximum atomic E-state index is 13.3. The van der Waals surface area contributed by atoms with Crippen LogP contribution >= 0.6 is 0 Å². The fraction of sp³-hybridized carbons (Fsp3) is 0.379. The molecule has 0 fully saturated rings. The van der Waals surface area contributed by atoms with Gasteiger partial charge in [0.1, 0.15) is 12.2 Å². The fourth-order valence-electron chi connectivity index (χ4n) is 4.29. The third-order valence-corrected chi connectivity index (χ3v) is 6.26. The van der Waals surface area contributed by atoms with Gasteiger partial charge in [-0.25, -0.2) is 9.59 Å². The number of benzene rings is 2. The Kier molecular flexibility index (Phi) is 8.23. The van der Waals surface area contributed by atoms with Gasteiger partial charge in [0.2, 0.25) is 5.91 Å². The van der Waals surface area contributed by atoms with Gasteiger partial charge < -0.3 is 24.6 Å². The quantitative estimate of drug-likeness (QED) is 0.426. The first kappa shape index (κ1) is 27.7. The van der Waals surface area contributed by atoms with Gasteiger partial charge in [0.15, 0.2) is 0 Å². The number of likely N-dealkylation sites (N-methyl/N-ethyl adjacent to an activating group) is 1. The molecule has 0 aliphatic carbocycles. The van der Waals surface area contributed by atoms with Crippen molar-refractivity contribution >= 4 is 23.8 Å². The highest BCUT2D eigenvalue weighted by Crippen LogP contribution is 2.32. The smallest absolute Gasteiger partial charge is 0.410 e. The number of amides is 3. The largest absolute Gasteiger partial charge is 0.445 e. The van der Waals surface area contributed by atoms with E-state index in [2.05, 4.69) is 15.5 Å². The number of carbonyl (C=O) groups excluding carboxylic acids is 3. The first-order valence-electron chi connectivity index (χ1n) is 12.9. The number of hydrogen-bond donors (Lipinski definition) is 2. The predicted octanol–water partition coefficient (Wildman–Crippen LogP) is 4.89. The standard InChI is InChI=1S/C29H35N5O5/c1-19-26(21-11-12-23-22(15-21)16-25(35)30-23)24(32-31-19)17-34(14-13-33(5)27(36)39-29(2,3)4)28(37)38-18-20-9-7-6-8-10-20/h6-12,15H,13-14,16-18H2,1-5H3,(H,30,35)(H,31,32). The molecule has 3 aromatic rings. The third-order valence-electron chi connectivity index (χ3n) is 6.26. The summed E-state index contributed by atoms with van der Waals surface area (Å²) in [4.78, 5) is 40.6. The molecule has 2 N–H and O–H groups in total.